The van der Waals surface area contributed by atoms with Crippen LogP contribution < -0.4 is 5.32 Å². The molecule has 0 aliphatic heterocycles. The number of benzene rings is 1. The van der Waals surface area contributed by atoms with Crippen LogP contribution in [0.25, 0.3) is 5.69 Å². The zero-order chi connectivity index (χ0) is 14.0. The minimum Gasteiger partial charge on any atom is -0.306 e. The molecule has 0 amide bonds. The molecule has 0 spiro atoms. The van der Waals surface area contributed by atoms with E-state index in [2.05, 4.69) is 41.7 Å². The van der Waals surface area contributed by atoms with Crippen LogP contribution in [0.4, 0.5) is 0 Å². The fourth-order valence-electron chi connectivity index (χ4n) is 1.88. The van der Waals surface area contributed by atoms with Crippen molar-refractivity contribution >= 4 is 11.6 Å². The van der Waals surface area contributed by atoms with Gasteiger partial charge in [0.1, 0.15) is 0 Å². The highest BCUT2D eigenvalue weighted by Gasteiger charge is 2.12. The van der Waals surface area contributed by atoms with Crippen molar-refractivity contribution in [3.8, 4) is 5.69 Å². The van der Waals surface area contributed by atoms with Gasteiger partial charge >= 0.3 is 0 Å². The first kappa shape index (κ1) is 14.1. The molecular weight excluding hydrogens is 258 g/mol. The van der Waals surface area contributed by atoms with Crippen molar-refractivity contribution in [2.45, 2.75) is 39.8 Å². The van der Waals surface area contributed by atoms with Crippen molar-refractivity contribution < 1.29 is 0 Å². The molecule has 4 heteroatoms. The van der Waals surface area contributed by atoms with Crippen molar-refractivity contribution in [2.75, 3.05) is 0 Å². The Morgan fingerprint density at radius 1 is 1.32 bits per heavy atom. The summed E-state index contributed by atoms with van der Waals surface area (Å²) in [6, 6.07) is 5.93. The number of imidazole rings is 1. The second-order valence-corrected chi connectivity index (χ2v) is 6.15. The molecule has 0 bridgehead atoms. The van der Waals surface area contributed by atoms with Crippen LogP contribution in [0.3, 0.4) is 0 Å². The van der Waals surface area contributed by atoms with Gasteiger partial charge in [0.15, 0.2) is 0 Å². The molecule has 0 saturated heterocycles. The molecule has 1 aromatic heterocycles. The van der Waals surface area contributed by atoms with E-state index in [4.69, 9.17) is 11.6 Å². The van der Waals surface area contributed by atoms with Crippen LogP contribution >= 0.6 is 11.6 Å². The maximum atomic E-state index is 6.18. The largest absolute Gasteiger partial charge is 0.306 e. The van der Waals surface area contributed by atoms with E-state index in [1.54, 1.807) is 0 Å². The number of halogens is 1. The Labute approximate surface area is 119 Å². The van der Waals surface area contributed by atoms with Gasteiger partial charge in [0.2, 0.25) is 0 Å². The molecule has 1 N–H and O–H groups in total. The molecule has 0 unspecified atom stereocenters. The Bertz CT molecular complexity index is 567. The van der Waals surface area contributed by atoms with Gasteiger partial charge < -0.3 is 9.88 Å². The fraction of sp³-hybridized carbons (Fsp3) is 0.400. The van der Waals surface area contributed by atoms with E-state index in [-0.39, 0.29) is 5.54 Å². The highest BCUT2D eigenvalue weighted by molar-refractivity contribution is 6.31. The number of aromatic nitrogens is 2. The van der Waals surface area contributed by atoms with Crippen LogP contribution in [0.2, 0.25) is 5.02 Å². The Morgan fingerprint density at radius 2 is 2.05 bits per heavy atom. The van der Waals surface area contributed by atoms with E-state index in [0.29, 0.717) is 0 Å². The van der Waals surface area contributed by atoms with E-state index in [9.17, 15) is 0 Å². The first-order chi connectivity index (χ1) is 8.88. The molecule has 102 valence electrons. The van der Waals surface area contributed by atoms with E-state index in [1.165, 1.54) is 0 Å². The van der Waals surface area contributed by atoms with Crippen molar-refractivity contribution in [3.05, 3.63) is 47.0 Å². The van der Waals surface area contributed by atoms with E-state index in [0.717, 1.165) is 28.5 Å². The standard InChI is InChI=1S/C15H20ClN3/c1-11-13(16)6-5-7-14(11)19-10-17-8-12(19)9-18-15(2,3)4/h5-8,10,18H,9H2,1-4H3. The second kappa shape index (κ2) is 5.35. The first-order valence-corrected chi connectivity index (χ1v) is 6.78. The van der Waals surface area contributed by atoms with Gasteiger partial charge in [-0.15, -0.1) is 0 Å². The normalized spacial score (nSPS) is 11.8. The smallest absolute Gasteiger partial charge is 0.0994 e. The lowest BCUT2D eigenvalue weighted by Crippen LogP contribution is -2.35. The lowest BCUT2D eigenvalue weighted by molar-refractivity contribution is 0.419. The minimum absolute atomic E-state index is 0.0818. The molecule has 0 aliphatic rings. The van der Waals surface area contributed by atoms with Crippen LogP contribution in [0.15, 0.2) is 30.7 Å². The molecule has 2 aromatic rings. The lowest BCUT2D eigenvalue weighted by Gasteiger charge is -2.21. The van der Waals surface area contributed by atoms with Crippen molar-refractivity contribution in [3.63, 3.8) is 0 Å². The van der Waals surface area contributed by atoms with Crippen LogP contribution in [0.1, 0.15) is 32.0 Å². The quantitative estimate of drug-likeness (QED) is 0.927. The average molecular weight is 278 g/mol. The molecule has 19 heavy (non-hydrogen) atoms. The molecule has 0 radical (unpaired) electrons. The van der Waals surface area contributed by atoms with E-state index < -0.39 is 0 Å². The third kappa shape index (κ3) is 3.37. The third-order valence-corrected chi connectivity index (χ3v) is 3.42. The average Bonchev–Trinajstić information content (AvgIpc) is 2.77. The van der Waals surface area contributed by atoms with Crippen LogP contribution in [0.5, 0.6) is 0 Å². The molecular formula is C15H20ClN3. The number of rotatable bonds is 3. The molecule has 0 saturated carbocycles. The van der Waals surface area contributed by atoms with Crippen molar-refractivity contribution in [1.82, 2.24) is 14.9 Å². The third-order valence-electron chi connectivity index (χ3n) is 3.01. The van der Waals surface area contributed by atoms with Crippen LogP contribution in [-0.2, 0) is 6.54 Å². The molecule has 3 nitrogen and oxygen atoms in total. The van der Waals surface area contributed by atoms with Gasteiger partial charge in [0, 0.05) is 23.3 Å². The summed E-state index contributed by atoms with van der Waals surface area (Å²) in [6.07, 6.45) is 3.72. The summed E-state index contributed by atoms with van der Waals surface area (Å²) in [5.41, 5.74) is 3.36. The highest BCUT2D eigenvalue weighted by atomic mass is 35.5. The summed E-state index contributed by atoms with van der Waals surface area (Å²) < 4.78 is 2.08. The summed E-state index contributed by atoms with van der Waals surface area (Å²) >= 11 is 6.18. The molecule has 0 fully saturated rings. The van der Waals surface area contributed by atoms with Gasteiger partial charge in [0.05, 0.1) is 17.7 Å². The summed E-state index contributed by atoms with van der Waals surface area (Å²) in [6.45, 7) is 9.25. The number of nitrogens with zero attached hydrogens (tertiary/aromatic N) is 2. The summed E-state index contributed by atoms with van der Waals surface area (Å²) in [4.78, 5) is 4.25. The monoisotopic (exact) mass is 277 g/mol. The summed E-state index contributed by atoms with van der Waals surface area (Å²) in [5, 5.41) is 4.25. The fourth-order valence-corrected chi connectivity index (χ4v) is 2.05. The van der Waals surface area contributed by atoms with Gasteiger partial charge in [-0.2, -0.15) is 0 Å². The minimum atomic E-state index is 0.0818. The Balaban J connectivity index is 2.31. The number of hydrogen-bond acceptors (Lipinski definition) is 2. The van der Waals surface area contributed by atoms with Gasteiger partial charge in [-0.05, 0) is 45.4 Å². The predicted octanol–water partition coefficient (Wildman–Crippen LogP) is 3.72. The zero-order valence-corrected chi connectivity index (χ0v) is 12.6. The maximum Gasteiger partial charge on any atom is 0.0994 e. The number of nitrogens with one attached hydrogen (secondary N) is 1. The Morgan fingerprint density at radius 3 is 2.74 bits per heavy atom. The van der Waals surface area contributed by atoms with Crippen LogP contribution in [-0.4, -0.2) is 15.1 Å². The first-order valence-electron chi connectivity index (χ1n) is 6.40. The molecule has 1 heterocycles. The summed E-state index contributed by atoms with van der Waals surface area (Å²) in [7, 11) is 0. The maximum absolute atomic E-state index is 6.18. The van der Waals surface area contributed by atoms with E-state index >= 15 is 0 Å². The molecule has 1 aromatic carbocycles. The molecule has 2 rings (SSSR count). The Kier molecular flexibility index (Phi) is 3.97. The van der Waals surface area contributed by atoms with E-state index in [1.807, 2.05) is 31.6 Å². The van der Waals surface area contributed by atoms with Crippen molar-refractivity contribution in [1.29, 1.82) is 0 Å². The Hall–Kier alpha value is -1.32. The van der Waals surface area contributed by atoms with Gasteiger partial charge in [-0.1, -0.05) is 17.7 Å². The number of hydrogen-bond donors (Lipinski definition) is 1. The van der Waals surface area contributed by atoms with Gasteiger partial charge in [-0.25, -0.2) is 4.98 Å². The lowest BCUT2D eigenvalue weighted by atomic mass is 10.1. The topological polar surface area (TPSA) is 29.9 Å². The van der Waals surface area contributed by atoms with Gasteiger partial charge in [-0.3, -0.25) is 0 Å². The zero-order valence-electron chi connectivity index (χ0n) is 11.9. The van der Waals surface area contributed by atoms with Crippen molar-refractivity contribution in [2.24, 2.45) is 0 Å². The predicted molar refractivity (Wildman–Crippen MR) is 79.9 cm³/mol. The SMILES string of the molecule is Cc1c(Cl)cccc1-n1cncc1CNC(C)(C)C. The second-order valence-electron chi connectivity index (χ2n) is 5.74. The molecule has 0 atom stereocenters. The van der Waals surface area contributed by atoms with Crippen LogP contribution in [0, 0.1) is 6.92 Å². The molecule has 0 aliphatic carbocycles. The highest BCUT2D eigenvalue weighted by Crippen LogP contribution is 2.23. The summed E-state index contributed by atoms with van der Waals surface area (Å²) in [5.74, 6) is 0. The van der Waals surface area contributed by atoms with Gasteiger partial charge in [0.25, 0.3) is 0 Å².